The third-order valence-electron chi connectivity index (χ3n) is 1.86. The highest BCUT2D eigenvalue weighted by atomic mass is 35.5. The van der Waals surface area contributed by atoms with Gasteiger partial charge in [0.25, 0.3) is 0 Å². The van der Waals surface area contributed by atoms with Gasteiger partial charge in [0.1, 0.15) is 0 Å². The summed E-state index contributed by atoms with van der Waals surface area (Å²) in [6, 6.07) is 0. The monoisotopic (exact) mass is 164 g/mol. The first-order valence-electron chi connectivity index (χ1n) is 3.91. The second-order valence-electron chi connectivity index (χ2n) is 3.00. The molecule has 0 aromatic rings. The Bertz CT molecular complexity index is 81.3. The van der Waals surface area contributed by atoms with E-state index in [4.69, 9.17) is 11.6 Å². The Balaban J connectivity index is 3.28. The average Bonchev–Trinajstić information content (AvgIpc) is 1.89. The van der Waals surface area contributed by atoms with E-state index >= 15 is 0 Å². The zero-order valence-corrected chi connectivity index (χ0v) is 7.62. The summed E-state index contributed by atoms with van der Waals surface area (Å²) in [5.74, 6) is 0.708. The Kier molecular flexibility index (Phi) is 5.10. The van der Waals surface area contributed by atoms with Gasteiger partial charge in [0.2, 0.25) is 0 Å². The fourth-order valence-corrected chi connectivity index (χ4v) is 0.966. The van der Waals surface area contributed by atoms with Crippen LogP contribution in [0.5, 0.6) is 0 Å². The Labute approximate surface area is 68.4 Å². The molecule has 0 aliphatic rings. The number of hydrogen-bond donors (Lipinski definition) is 1. The molecule has 0 aromatic heterocycles. The first kappa shape index (κ1) is 10.2. The molecule has 1 N–H and O–H groups in total. The van der Waals surface area contributed by atoms with Gasteiger partial charge in [0, 0.05) is 5.88 Å². The van der Waals surface area contributed by atoms with Gasteiger partial charge in [0.05, 0.1) is 5.60 Å². The molecule has 1 nitrogen and oxygen atoms in total. The molecule has 0 saturated carbocycles. The van der Waals surface area contributed by atoms with Gasteiger partial charge in [-0.05, 0) is 32.6 Å². The van der Waals surface area contributed by atoms with Gasteiger partial charge in [-0.25, -0.2) is 0 Å². The van der Waals surface area contributed by atoms with Crippen molar-refractivity contribution in [2.75, 3.05) is 5.88 Å². The van der Waals surface area contributed by atoms with Crippen molar-refractivity contribution in [2.45, 2.75) is 45.1 Å². The molecule has 0 fully saturated rings. The number of hydrogen-bond acceptors (Lipinski definition) is 1. The summed E-state index contributed by atoms with van der Waals surface area (Å²) in [5.41, 5.74) is -0.466. The second kappa shape index (κ2) is 4.97. The summed E-state index contributed by atoms with van der Waals surface area (Å²) in [6.45, 7) is 3.88. The van der Waals surface area contributed by atoms with Gasteiger partial charge in [-0.1, -0.05) is 6.92 Å². The van der Waals surface area contributed by atoms with Crippen LogP contribution in [0.25, 0.3) is 0 Å². The predicted octanol–water partition coefficient (Wildman–Crippen LogP) is 2.56. The van der Waals surface area contributed by atoms with E-state index in [0.717, 1.165) is 25.7 Å². The van der Waals surface area contributed by atoms with E-state index in [-0.39, 0.29) is 0 Å². The molecule has 0 rings (SSSR count). The number of alkyl halides is 1. The van der Waals surface area contributed by atoms with Gasteiger partial charge >= 0.3 is 0 Å². The van der Waals surface area contributed by atoms with E-state index < -0.39 is 5.60 Å². The molecule has 0 saturated heterocycles. The largest absolute Gasteiger partial charge is 0.390 e. The zero-order chi connectivity index (χ0) is 8.04. The van der Waals surface area contributed by atoms with Gasteiger partial charge in [0.15, 0.2) is 0 Å². The minimum Gasteiger partial charge on any atom is -0.390 e. The van der Waals surface area contributed by atoms with E-state index in [2.05, 4.69) is 0 Å². The van der Waals surface area contributed by atoms with Crippen molar-refractivity contribution in [3.05, 3.63) is 0 Å². The quantitative estimate of drug-likeness (QED) is 0.489. The lowest BCUT2D eigenvalue weighted by Gasteiger charge is -2.20. The molecule has 0 aliphatic carbocycles. The normalized spacial score (nSPS) is 16.8. The van der Waals surface area contributed by atoms with Crippen molar-refractivity contribution in [1.82, 2.24) is 0 Å². The Morgan fingerprint density at radius 2 is 2.00 bits per heavy atom. The summed E-state index contributed by atoms with van der Waals surface area (Å²) >= 11 is 5.49. The molecule has 0 heterocycles. The molecule has 0 spiro atoms. The molecule has 2 heteroatoms. The highest BCUT2D eigenvalue weighted by Crippen LogP contribution is 2.16. The molecular formula is C8H17ClO. The first-order chi connectivity index (χ1) is 4.62. The maximum atomic E-state index is 9.51. The number of unbranched alkanes of at least 4 members (excludes halogenated alkanes) is 1. The van der Waals surface area contributed by atoms with Crippen molar-refractivity contribution in [3.8, 4) is 0 Å². The fourth-order valence-electron chi connectivity index (χ4n) is 0.777. The maximum absolute atomic E-state index is 9.51. The lowest BCUT2D eigenvalue weighted by molar-refractivity contribution is 0.0448. The van der Waals surface area contributed by atoms with E-state index in [9.17, 15) is 5.11 Å². The molecule has 62 valence electrons. The minimum absolute atomic E-state index is 0.466. The van der Waals surface area contributed by atoms with Crippen molar-refractivity contribution < 1.29 is 5.11 Å². The lowest BCUT2D eigenvalue weighted by atomic mass is 9.97. The number of aliphatic hydroxyl groups is 1. The zero-order valence-electron chi connectivity index (χ0n) is 6.86. The molecule has 1 atom stereocenters. The third kappa shape index (κ3) is 5.07. The van der Waals surface area contributed by atoms with E-state index in [0.29, 0.717) is 5.88 Å². The SMILES string of the molecule is CCC(C)(O)CCCCCl. The van der Waals surface area contributed by atoms with Crippen molar-refractivity contribution in [2.24, 2.45) is 0 Å². The topological polar surface area (TPSA) is 20.2 Å². The highest BCUT2D eigenvalue weighted by Gasteiger charge is 2.15. The molecule has 0 bridgehead atoms. The third-order valence-corrected chi connectivity index (χ3v) is 2.13. The fraction of sp³-hybridized carbons (Fsp3) is 1.00. The molecule has 0 amide bonds. The highest BCUT2D eigenvalue weighted by molar-refractivity contribution is 6.17. The van der Waals surface area contributed by atoms with Crippen LogP contribution in [-0.4, -0.2) is 16.6 Å². The van der Waals surface area contributed by atoms with Crippen LogP contribution in [-0.2, 0) is 0 Å². The van der Waals surface area contributed by atoms with E-state index in [1.165, 1.54) is 0 Å². The molecular weight excluding hydrogens is 148 g/mol. The minimum atomic E-state index is -0.466. The molecule has 0 aliphatic heterocycles. The second-order valence-corrected chi connectivity index (χ2v) is 3.37. The molecule has 0 aromatic carbocycles. The van der Waals surface area contributed by atoms with Crippen LogP contribution in [0.15, 0.2) is 0 Å². The van der Waals surface area contributed by atoms with E-state index in [1.807, 2.05) is 13.8 Å². The Hall–Kier alpha value is 0.250. The number of rotatable bonds is 5. The van der Waals surface area contributed by atoms with Crippen LogP contribution in [0.1, 0.15) is 39.5 Å². The van der Waals surface area contributed by atoms with Crippen LogP contribution < -0.4 is 0 Å². The van der Waals surface area contributed by atoms with Gasteiger partial charge in [-0.2, -0.15) is 0 Å². The molecule has 1 unspecified atom stereocenters. The predicted molar refractivity (Wildman–Crippen MR) is 45.5 cm³/mol. The lowest BCUT2D eigenvalue weighted by Crippen LogP contribution is -2.22. The van der Waals surface area contributed by atoms with Crippen LogP contribution in [0, 0.1) is 0 Å². The summed E-state index contributed by atoms with van der Waals surface area (Å²) < 4.78 is 0. The van der Waals surface area contributed by atoms with Crippen LogP contribution >= 0.6 is 11.6 Å². The molecule has 10 heavy (non-hydrogen) atoms. The van der Waals surface area contributed by atoms with Gasteiger partial charge in [-0.15, -0.1) is 11.6 Å². The van der Waals surface area contributed by atoms with E-state index in [1.54, 1.807) is 0 Å². The molecule has 0 radical (unpaired) electrons. The first-order valence-corrected chi connectivity index (χ1v) is 4.44. The summed E-state index contributed by atoms with van der Waals surface area (Å²) in [5, 5.41) is 9.51. The Morgan fingerprint density at radius 3 is 2.40 bits per heavy atom. The summed E-state index contributed by atoms with van der Waals surface area (Å²) in [4.78, 5) is 0. The van der Waals surface area contributed by atoms with Crippen molar-refractivity contribution in [3.63, 3.8) is 0 Å². The smallest absolute Gasteiger partial charge is 0.0617 e. The number of halogens is 1. The van der Waals surface area contributed by atoms with Crippen LogP contribution in [0.3, 0.4) is 0 Å². The average molecular weight is 165 g/mol. The van der Waals surface area contributed by atoms with Gasteiger partial charge in [-0.3, -0.25) is 0 Å². The maximum Gasteiger partial charge on any atom is 0.0617 e. The van der Waals surface area contributed by atoms with Crippen LogP contribution in [0.4, 0.5) is 0 Å². The Morgan fingerprint density at radius 1 is 1.40 bits per heavy atom. The van der Waals surface area contributed by atoms with Crippen molar-refractivity contribution in [1.29, 1.82) is 0 Å². The van der Waals surface area contributed by atoms with Crippen molar-refractivity contribution >= 4 is 11.6 Å². The van der Waals surface area contributed by atoms with Crippen LogP contribution in [0.2, 0.25) is 0 Å². The van der Waals surface area contributed by atoms with Gasteiger partial charge < -0.3 is 5.11 Å². The summed E-state index contributed by atoms with van der Waals surface area (Å²) in [6.07, 6.45) is 3.74. The standard InChI is InChI=1S/C8H17ClO/c1-3-8(2,10)6-4-5-7-9/h10H,3-7H2,1-2H3. The summed E-state index contributed by atoms with van der Waals surface area (Å²) in [7, 11) is 0.